The molecule has 2 unspecified atom stereocenters. The maximum absolute atomic E-state index is 13.1. The Kier molecular flexibility index (Phi) is 3.50. The largest absolute Gasteiger partial charge is 0.380 e. The highest BCUT2D eigenvalue weighted by molar-refractivity contribution is 5.59. The predicted octanol–water partition coefficient (Wildman–Crippen LogP) is 2.23. The monoisotopic (exact) mass is 277 g/mol. The van der Waals surface area contributed by atoms with Crippen molar-refractivity contribution in [2.45, 2.75) is 25.5 Å². The number of benzene rings is 1. The first-order valence-corrected chi connectivity index (χ1v) is 6.53. The summed E-state index contributed by atoms with van der Waals surface area (Å²) in [6.45, 7) is 2.59. The van der Waals surface area contributed by atoms with E-state index in [-0.39, 0.29) is 18.0 Å². The molecule has 1 aliphatic heterocycles. The normalized spacial score (nSPS) is 22.4. The van der Waals surface area contributed by atoms with Crippen molar-refractivity contribution in [1.82, 2.24) is 15.5 Å². The molecule has 1 aliphatic rings. The van der Waals surface area contributed by atoms with Crippen LogP contribution in [0.5, 0.6) is 0 Å². The fourth-order valence-electron chi connectivity index (χ4n) is 2.44. The standard InChI is InChI=1S/C14H16FN3O2/c1-8-5-9(15)3-4-11(8)13-17-14(20-18-13)12-6-10(19-2)7-16-12/h3-5,10,12,16H,6-7H2,1-2H3. The molecule has 106 valence electrons. The van der Waals surface area contributed by atoms with Gasteiger partial charge in [-0.25, -0.2) is 4.39 Å². The quantitative estimate of drug-likeness (QED) is 0.932. The first kappa shape index (κ1) is 13.2. The molecular formula is C14H16FN3O2. The SMILES string of the molecule is COC1CNC(c2nc(-c3ccc(F)cc3C)no2)C1. The zero-order chi connectivity index (χ0) is 14.1. The molecule has 6 heteroatoms. The van der Waals surface area contributed by atoms with Crippen LogP contribution in [-0.2, 0) is 4.74 Å². The molecule has 1 fully saturated rings. The van der Waals surface area contributed by atoms with Crippen LogP contribution in [0, 0.1) is 12.7 Å². The van der Waals surface area contributed by atoms with Crippen molar-refractivity contribution in [2.24, 2.45) is 0 Å². The molecule has 2 aromatic rings. The van der Waals surface area contributed by atoms with Gasteiger partial charge in [0.2, 0.25) is 11.7 Å². The van der Waals surface area contributed by atoms with Crippen LogP contribution in [0.2, 0.25) is 0 Å². The lowest BCUT2D eigenvalue weighted by molar-refractivity contribution is 0.116. The minimum atomic E-state index is -0.268. The highest BCUT2D eigenvalue weighted by Gasteiger charge is 2.29. The molecule has 3 rings (SSSR count). The third-order valence-corrected chi connectivity index (χ3v) is 3.59. The van der Waals surface area contributed by atoms with Gasteiger partial charge in [0.1, 0.15) is 5.82 Å². The van der Waals surface area contributed by atoms with E-state index in [0.717, 1.165) is 24.1 Å². The summed E-state index contributed by atoms with van der Waals surface area (Å²) in [7, 11) is 1.69. The van der Waals surface area contributed by atoms with Gasteiger partial charge >= 0.3 is 0 Å². The second-order valence-corrected chi connectivity index (χ2v) is 4.97. The first-order valence-electron chi connectivity index (χ1n) is 6.53. The second kappa shape index (κ2) is 5.30. The van der Waals surface area contributed by atoms with Crippen LogP contribution in [0.15, 0.2) is 22.7 Å². The van der Waals surface area contributed by atoms with Crippen LogP contribution in [0.1, 0.15) is 23.9 Å². The highest BCUT2D eigenvalue weighted by Crippen LogP contribution is 2.27. The molecule has 0 amide bonds. The first-order chi connectivity index (χ1) is 9.67. The van der Waals surface area contributed by atoms with Gasteiger partial charge in [0, 0.05) is 19.2 Å². The minimum absolute atomic E-state index is 0.0157. The van der Waals surface area contributed by atoms with Gasteiger partial charge in [-0.1, -0.05) is 5.16 Å². The van der Waals surface area contributed by atoms with Crippen molar-refractivity contribution in [2.75, 3.05) is 13.7 Å². The van der Waals surface area contributed by atoms with Gasteiger partial charge in [-0.15, -0.1) is 0 Å². The van der Waals surface area contributed by atoms with Gasteiger partial charge < -0.3 is 14.6 Å². The zero-order valence-corrected chi connectivity index (χ0v) is 11.4. The van der Waals surface area contributed by atoms with Gasteiger partial charge in [-0.3, -0.25) is 0 Å². The van der Waals surface area contributed by atoms with Gasteiger partial charge in [0.05, 0.1) is 12.1 Å². The van der Waals surface area contributed by atoms with Crippen molar-refractivity contribution >= 4 is 0 Å². The van der Waals surface area contributed by atoms with Crippen LogP contribution in [0.3, 0.4) is 0 Å². The average Bonchev–Trinajstić information content (AvgIpc) is 3.07. The molecule has 1 saturated heterocycles. The van der Waals surface area contributed by atoms with E-state index in [9.17, 15) is 4.39 Å². The Bertz CT molecular complexity index is 614. The van der Waals surface area contributed by atoms with Crippen LogP contribution < -0.4 is 5.32 Å². The number of aryl methyl sites for hydroxylation is 1. The molecule has 2 heterocycles. The molecule has 0 saturated carbocycles. The van der Waals surface area contributed by atoms with E-state index in [1.54, 1.807) is 13.2 Å². The highest BCUT2D eigenvalue weighted by atomic mass is 19.1. The number of rotatable bonds is 3. The van der Waals surface area contributed by atoms with Crippen molar-refractivity contribution in [3.8, 4) is 11.4 Å². The summed E-state index contributed by atoms with van der Waals surface area (Å²) in [5.74, 6) is 0.763. The lowest BCUT2D eigenvalue weighted by Crippen LogP contribution is -2.16. The number of hydrogen-bond donors (Lipinski definition) is 1. The number of halogens is 1. The number of nitrogens with zero attached hydrogens (tertiary/aromatic N) is 2. The number of nitrogens with one attached hydrogen (secondary N) is 1. The molecule has 1 N–H and O–H groups in total. The lowest BCUT2D eigenvalue weighted by Gasteiger charge is -2.04. The number of hydrogen-bond acceptors (Lipinski definition) is 5. The molecule has 5 nitrogen and oxygen atoms in total. The maximum atomic E-state index is 13.1. The fraction of sp³-hybridized carbons (Fsp3) is 0.429. The third kappa shape index (κ3) is 2.44. The molecule has 1 aromatic carbocycles. The number of ether oxygens (including phenoxy) is 1. The summed E-state index contributed by atoms with van der Waals surface area (Å²) >= 11 is 0. The number of methoxy groups -OCH3 is 1. The third-order valence-electron chi connectivity index (χ3n) is 3.59. The number of aromatic nitrogens is 2. The van der Waals surface area contributed by atoms with Gasteiger partial charge in [-0.05, 0) is 37.1 Å². The average molecular weight is 277 g/mol. The Morgan fingerprint density at radius 1 is 1.45 bits per heavy atom. The van der Waals surface area contributed by atoms with E-state index in [1.807, 2.05) is 6.92 Å². The van der Waals surface area contributed by atoms with Crippen molar-refractivity contribution in [3.63, 3.8) is 0 Å². The molecule has 0 spiro atoms. The van der Waals surface area contributed by atoms with E-state index in [4.69, 9.17) is 9.26 Å². The van der Waals surface area contributed by atoms with Gasteiger partial charge in [0.25, 0.3) is 0 Å². The predicted molar refractivity (Wildman–Crippen MR) is 70.6 cm³/mol. The Hall–Kier alpha value is -1.79. The van der Waals surface area contributed by atoms with Crippen molar-refractivity contribution < 1.29 is 13.7 Å². The Morgan fingerprint density at radius 2 is 2.30 bits per heavy atom. The van der Waals surface area contributed by atoms with E-state index < -0.39 is 0 Å². The van der Waals surface area contributed by atoms with E-state index in [0.29, 0.717) is 11.7 Å². The van der Waals surface area contributed by atoms with Gasteiger partial charge in [0.15, 0.2) is 0 Å². The topological polar surface area (TPSA) is 60.2 Å². The van der Waals surface area contributed by atoms with E-state index in [1.165, 1.54) is 12.1 Å². The molecular weight excluding hydrogens is 261 g/mol. The molecule has 1 aromatic heterocycles. The minimum Gasteiger partial charge on any atom is -0.380 e. The lowest BCUT2D eigenvalue weighted by atomic mass is 10.1. The summed E-state index contributed by atoms with van der Waals surface area (Å²) in [6.07, 6.45) is 0.975. The van der Waals surface area contributed by atoms with Crippen molar-refractivity contribution in [3.05, 3.63) is 35.5 Å². The zero-order valence-electron chi connectivity index (χ0n) is 11.4. The summed E-state index contributed by atoms with van der Waals surface area (Å²) in [5, 5.41) is 7.26. The smallest absolute Gasteiger partial charge is 0.244 e. The summed E-state index contributed by atoms with van der Waals surface area (Å²) in [5.41, 5.74) is 1.56. The van der Waals surface area contributed by atoms with Crippen LogP contribution in [0.4, 0.5) is 4.39 Å². The summed E-state index contributed by atoms with van der Waals surface area (Å²) < 4.78 is 23.7. The molecule has 0 radical (unpaired) electrons. The Balaban J connectivity index is 1.83. The van der Waals surface area contributed by atoms with Crippen LogP contribution in [-0.4, -0.2) is 29.9 Å². The second-order valence-electron chi connectivity index (χ2n) is 4.97. The molecule has 0 bridgehead atoms. The van der Waals surface area contributed by atoms with Crippen LogP contribution >= 0.6 is 0 Å². The van der Waals surface area contributed by atoms with Crippen LogP contribution in [0.25, 0.3) is 11.4 Å². The van der Waals surface area contributed by atoms with E-state index in [2.05, 4.69) is 15.5 Å². The van der Waals surface area contributed by atoms with Crippen molar-refractivity contribution in [1.29, 1.82) is 0 Å². The molecule has 2 atom stereocenters. The fourth-order valence-corrected chi connectivity index (χ4v) is 2.44. The summed E-state index contributed by atoms with van der Waals surface area (Å²) in [4.78, 5) is 4.40. The molecule has 0 aliphatic carbocycles. The van der Waals surface area contributed by atoms with E-state index >= 15 is 0 Å². The Labute approximate surface area is 116 Å². The Morgan fingerprint density at radius 3 is 3.00 bits per heavy atom. The van der Waals surface area contributed by atoms with Gasteiger partial charge in [-0.2, -0.15) is 4.98 Å². The summed E-state index contributed by atoms with van der Waals surface area (Å²) in [6, 6.07) is 4.54. The molecule has 20 heavy (non-hydrogen) atoms. The maximum Gasteiger partial charge on any atom is 0.244 e.